The number of carbonyl (C=O) groups is 1. The molecular weight excluding hydrogens is 326 g/mol. The number of nitrogens with one attached hydrogen (secondary N) is 1. The molecular formula is C21H23N3O2. The molecule has 1 aromatic heterocycles. The number of furan rings is 1. The van der Waals surface area contributed by atoms with Crippen molar-refractivity contribution in [2.24, 2.45) is 0 Å². The molecule has 0 aliphatic carbocycles. The van der Waals surface area contributed by atoms with E-state index in [1.807, 2.05) is 49.4 Å². The van der Waals surface area contributed by atoms with Crippen LogP contribution in [-0.4, -0.2) is 19.0 Å². The van der Waals surface area contributed by atoms with Crippen molar-refractivity contribution in [1.29, 1.82) is 5.26 Å². The second-order valence-corrected chi connectivity index (χ2v) is 6.50. The summed E-state index contributed by atoms with van der Waals surface area (Å²) in [6.45, 7) is 3.86. The van der Waals surface area contributed by atoms with Gasteiger partial charge < -0.3 is 14.6 Å². The topological polar surface area (TPSA) is 69.3 Å². The van der Waals surface area contributed by atoms with E-state index in [1.165, 1.54) is 12.5 Å². The Kier molecular flexibility index (Phi) is 5.75. The zero-order chi connectivity index (χ0) is 18.4. The Labute approximate surface area is 153 Å². The largest absolute Gasteiger partial charge is 0.441 e. The number of anilines is 1. The summed E-state index contributed by atoms with van der Waals surface area (Å²) in [7, 11) is 0. The van der Waals surface area contributed by atoms with Gasteiger partial charge in [0, 0.05) is 25.2 Å². The molecule has 2 aromatic rings. The third-order valence-corrected chi connectivity index (χ3v) is 4.58. The van der Waals surface area contributed by atoms with E-state index in [2.05, 4.69) is 10.2 Å². The highest BCUT2D eigenvalue weighted by Gasteiger charge is 2.16. The van der Waals surface area contributed by atoms with Crippen molar-refractivity contribution in [3.8, 4) is 6.07 Å². The Morgan fingerprint density at radius 2 is 1.92 bits per heavy atom. The Morgan fingerprint density at radius 3 is 2.62 bits per heavy atom. The van der Waals surface area contributed by atoms with Crippen molar-refractivity contribution in [2.75, 3.05) is 18.0 Å². The maximum absolute atomic E-state index is 12.4. The lowest BCUT2D eigenvalue weighted by atomic mass is 10.1. The number of hydrogen-bond donors (Lipinski definition) is 1. The van der Waals surface area contributed by atoms with Crippen LogP contribution >= 0.6 is 0 Å². The molecule has 1 aromatic carbocycles. The molecule has 2 heterocycles. The first-order valence-electron chi connectivity index (χ1n) is 9.00. The molecule has 0 bridgehead atoms. The molecule has 0 unspecified atom stereocenters. The van der Waals surface area contributed by atoms with E-state index in [4.69, 9.17) is 4.42 Å². The predicted octanol–water partition coefficient (Wildman–Crippen LogP) is 4.05. The zero-order valence-electron chi connectivity index (χ0n) is 14.9. The van der Waals surface area contributed by atoms with Gasteiger partial charge in [0.25, 0.3) is 5.91 Å². The summed E-state index contributed by atoms with van der Waals surface area (Å²) in [5, 5.41) is 12.2. The lowest BCUT2D eigenvalue weighted by molar-refractivity contribution is -0.117. The summed E-state index contributed by atoms with van der Waals surface area (Å²) in [5.74, 6) is 0.913. The third-order valence-electron chi connectivity index (χ3n) is 4.58. The molecule has 0 spiro atoms. The summed E-state index contributed by atoms with van der Waals surface area (Å²) in [6, 6.07) is 15.1. The fraction of sp³-hybridized carbons (Fsp3) is 0.333. The summed E-state index contributed by atoms with van der Waals surface area (Å²) in [4.78, 5) is 14.6. The Hall–Kier alpha value is -3.00. The fourth-order valence-corrected chi connectivity index (χ4v) is 3.09. The van der Waals surface area contributed by atoms with Gasteiger partial charge in [-0.15, -0.1) is 0 Å². The molecule has 5 heteroatoms. The molecule has 5 nitrogen and oxygen atoms in total. The van der Waals surface area contributed by atoms with E-state index in [1.54, 1.807) is 6.07 Å². The van der Waals surface area contributed by atoms with Gasteiger partial charge >= 0.3 is 0 Å². The van der Waals surface area contributed by atoms with Crippen LogP contribution < -0.4 is 10.2 Å². The molecule has 3 rings (SSSR count). The monoisotopic (exact) mass is 349 g/mol. The van der Waals surface area contributed by atoms with Crippen LogP contribution in [0.15, 0.2) is 52.5 Å². The molecule has 0 radical (unpaired) electrons. The minimum Gasteiger partial charge on any atom is -0.441 e. The predicted molar refractivity (Wildman–Crippen MR) is 101 cm³/mol. The highest BCUT2D eigenvalue weighted by molar-refractivity contribution is 6.01. The lowest BCUT2D eigenvalue weighted by Crippen LogP contribution is -2.28. The number of benzene rings is 1. The van der Waals surface area contributed by atoms with Crippen LogP contribution in [0.1, 0.15) is 43.6 Å². The maximum Gasteiger partial charge on any atom is 0.262 e. The van der Waals surface area contributed by atoms with Crippen LogP contribution in [-0.2, 0) is 4.79 Å². The minimum atomic E-state index is -0.403. The van der Waals surface area contributed by atoms with Crippen LogP contribution in [0.4, 0.5) is 5.88 Å². The highest BCUT2D eigenvalue weighted by atomic mass is 16.4. The SMILES string of the molecule is C[C@@H](NC(=O)/C(C#N)=C/c1ccc(N2CCCCC2)o1)c1ccccc1. The number of piperidine rings is 1. The fourth-order valence-electron chi connectivity index (χ4n) is 3.09. The summed E-state index contributed by atoms with van der Waals surface area (Å²) < 4.78 is 5.81. The Balaban J connectivity index is 1.68. The van der Waals surface area contributed by atoms with Crippen molar-refractivity contribution < 1.29 is 9.21 Å². The summed E-state index contributed by atoms with van der Waals surface area (Å²) in [5.41, 5.74) is 1.02. The van der Waals surface area contributed by atoms with Crippen molar-refractivity contribution >= 4 is 17.9 Å². The van der Waals surface area contributed by atoms with Gasteiger partial charge in [0.2, 0.25) is 0 Å². The van der Waals surface area contributed by atoms with E-state index in [0.717, 1.165) is 37.4 Å². The minimum absolute atomic E-state index is 0.0346. The van der Waals surface area contributed by atoms with Gasteiger partial charge in [-0.05, 0) is 37.8 Å². The van der Waals surface area contributed by atoms with E-state index in [-0.39, 0.29) is 11.6 Å². The molecule has 134 valence electrons. The molecule has 26 heavy (non-hydrogen) atoms. The van der Waals surface area contributed by atoms with E-state index in [9.17, 15) is 10.1 Å². The number of nitriles is 1. The van der Waals surface area contributed by atoms with Gasteiger partial charge in [-0.2, -0.15) is 5.26 Å². The second-order valence-electron chi connectivity index (χ2n) is 6.50. The molecule has 1 N–H and O–H groups in total. The normalized spacial score (nSPS) is 16.0. The average Bonchev–Trinajstić information content (AvgIpc) is 3.16. The van der Waals surface area contributed by atoms with Crippen LogP contribution in [0.25, 0.3) is 6.08 Å². The lowest BCUT2D eigenvalue weighted by Gasteiger charge is -2.25. The first-order valence-corrected chi connectivity index (χ1v) is 9.00. The van der Waals surface area contributed by atoms with E-state index >= 15 is 0 Å². The summed E-state index contributed by atoms with van der Waals surface area (Å²) >= 11 is 0. The number of carbonyl (C=O) groups excluding carboxylic acids is 1. The molecule has 0 saturated carbocycles. The van der Waals surface area contributed by atoms with E-state index < -0.39 is 5.91 Å². The van der Waals surface area contributed by atoms with Crippen molar-refractivity contribution in [3.05, 3.63) is 59.4 Å². The molecule has 1 aliphatic rings. The third kappa shape index (κ3) is 4.34. The van der Waals surface area contributed by atoms with Gasteiger partial charge in [-0.25, -0.2) is 0 Å². The van der Waals surface area contributed by atoms with Crippen molar-refractivity contribution in [1.82, 2.24) is 5.32 Å². The standard InChI is InChI=1S/C21H23N3O2/c1-16(17-8-4-2-5-9-17)23-21(25)18(15-22)14-19-10-11-20(26-19)24-12-6-3-7-13-24/h2,4-5,8-11,14,16H,3,6-7,12-13H2,1H3,(H,23,25)/b18-14+/t16-/m1/s1. The molecule has 1 amide bonds. The average molecular weight is 349 g/mol. The molecule has 1 aliphatic heterocycles. The van der Waals surface area contributed by atoms with Crippen molar-refractivity contribution in [3.63, 3.8) is 0 Å². The Bertz CT molecular complexity index is 811. The maximum atomic E-state index is 12.4. The Morgan fingerprint density at radius 1 is 1.19 bits per heavy atom. The molecule has 1 fully saturated rings. The highest BCUT2D eigenvalue weighted by Crippen LogP contribution is 2.24. The number of amides is 1. The van der Waals surface area contributed by atoms with Crippen LogP contribution in [0.2, 0.25) is 0 Å². The quantitative estimate of drug-likeness (QED) is 0.653. The van der Waals surface area contributed by atoms with Crippen LogP contribution in [0.3, 0.4) is 0 Å². The number of nitrogens with zero attached hydrogens (tertiary/aromatic N) is 2. The first kappa shape index (κ1) is 17.8. The van der Waals surface area contributed by atoms with Crippen LogP contribution in [0, 0.1) is 11.3 Å². The van der Waals surface area contributed by atoms with Crippen molar-refractivity contribution in [2.45, 2.75) is 32.2 Å². The number of rotatable bonds is 5. The van der Waals surface area contributed by atoms with Gasteiger partial charge in [0.05, 0.1) is 6.04 Å². The van der Waals surface area contributed by atoms with Gasteiger partial charge in [-0.1, -0.05) is 30.3 Å². The van der Waals surface area contributed by atoms with Crippen LogP contribution in [0.5, 0.6) is 0 Å². The molecule has 1 saturated heterocycles. The van der Waals surface area contributed by atoms with Gasteiger partial charge in [0.1, 0.15) is 17.4 Å². The molecule has 1 atom stereocenters. The zero-order valence-corrected chi connectivity index (χ0v) is 14.9. The number of hydrogen-bond acceptors (Lipinski definition) is 4. The summed E-state index contributed by atoms with van der Waals surface area (Å²) in [6.07, 6.45) is 5.08. The van der Waals surface area contributed by atoms with Gasteiger partial charge in [-0.3, -0.25) is 4.79 Å². The van der Waals surface area contributed by atoms with E-state index in [0.29, 0.717) is 5.76 Å². The smallest absolute Gasteiger partial charge is 0.262 e. The first-order chi connectivity index (χ1) is 12.7. The second kappa shape index (κ2) is 8.39. The van der Waals surface area contributed by atoms with Gasteiger partial charge in [0.15, 0.2) is 5.88 Å².